The highest BCUT2D eigenvalue weighted by Crippen LogP contribution is 2.19. The molecule has 0 aliphatic rings. The molecule has 1 N–H and O–H groups in total. The first-order valence-corrected chi connectivity index (χ1v) is 6.26. The monoisotopic (exact) mass is 294 g/mol. The van der Waals surface area contributed by atoms with Gasteiger partial charge >= 0.3 is 0 Å². The Balaban J connectivity index is 2.50. The molecular weight excluding hydrogens is 280 g/mol. The Hall–Kier alpha value is -1.29. The van der Waals surface area contributed by atoms with Crippen molar-refractivity contribution < 1.29 is 0 Å². The zero-order chi connectivity index (χ0) is 12.6. The fraction of sp³-hybridized carbons (Fsp3) is 0.308. The quantitative estimate of drug-likeness (QED) is 0.861. The molecule has 0 amide bonds. The molecule has 1 aromatic heterocycles. The van der Waals surface area contributed by atoms with E-state index in [1.165, 1.54) is 0 Å². The number of hydrogen-bond acceptors (Lipinski definition) is 1. The molecule has 17 heavy (non-hydrogen) atoms. The Morgan fingerprint density at radius 1 is 1.18 bits per heavy atom. The van der Waals surface area contributed by atoms with Gasteiger partial charge in [0.1, 0.15) is 0 Å². The molecule has 2 rings (SSSR count). The first-order valence-electron chi connectivity index (χ1n) is 5.46. The number of nitrogens with one attached hydrogen (secondary N) is 1. The predicted octanol–water partition coefficient (Wildman–Crippen LogP) is 3.23. The van der Waals surface area contributed by atoms with E-state index in [1.54, 1.807) is 10.7 Å². The Morgan fingerprint density at radius 3 is 2.24 bits per heavy atom. The number of nitrogens with zero attached hydrogens (tertiary/aromatic N) is 1. The lowest BCUT2D eigenvalue weighted by molar-refractivity contribution is 0.560. The van der Waals surface area contributed by atoms with E-state index in [-0.39, 0.29) is 11.0 Å². The Morgan fingerprint density at radius 2 is 1.76 bits per heavy atom. The van der Waals surface area contributed by atoms with Gasteiger partial charge in [0, 0.05) is 21.6 Å². The number of halogens is 1. The molecule has 0 saturated carbocycles. The van der Waals surface area contributed by atoms with Gasteiger partial charge in [-0.2, -0.15) is 0 Å². The van der Waals surface area contributed by atoms with Crippen LogP contribution < -0.4 is 5.56 Å². The molecule has 0 radical (unpaired) electrons. The number of benzene rings is 1. The zero-order valence-electron chi connectivity index (χ0n) is 10.1. The van der Waals surface area contributed by atoms with E-state index in [1.807, 2.05) is 24.3 Å². The van der Waals surface area contributed by atoms with Crippen molar-refractivity contribution in [2.45, 2.75) is 26.2 Å². The number of aromatic amines is 1. The summed E-state index contributed by atoms with van der Waals surface area (Å²) in [6.07, 6.45) is 0. The molecule has 0 spiro atoms. The maximum atomic E-state index is 11.9. The van der Waals surface area contributed by atoms with Crippen molar-refractivity contribution >= 4 is 15.9 Å². The van der Waals surface area contributed by atoms with Crippen LogP contribution in [0.4, 0.5) is 0 Å². The molecule has 0 atom stereocenters. The molecule has 0 fully saturated rings. The summed E-state index contributed by atoms with van der Waals surface area (Å²) in [4.78, 5) is 11.9. The maximum absolute atomic E-state index is 11.9. The van der Waals surface area contributed by atoms with E-state index < -0.39 is 0 Å². The molecule has 1 aromatic carbocycles. The SMILES string of the molecule is CC(C)(C)c1cc(=O)n(-c2ccc(Br)cc2)[nH]1. The summed E-state index contributed by atoms with van der Waals surface area (Å²) in [5.74, 6) is 0. The highest BCUT2D eigenvalue weighted by Gasteiger charge is 2.17. The first-order chi connectivity index (χ1) is 7.88. The van der Waals surface area contributed by atoms with Crippen molar-refractivity contribution in [2.75, 3.05) is 0 Å². The van der Waals surface area contributed by atoms with Crippen LogP contribution in [-0.4, -0.2) is 9.78 Å². The van der Waals surface area contributed by atoms with Crippen molar-refractivity contribution in [1.29, 1.82) is 0 Å². The third kappa shape index (κ3) is 2.52. The van der Waals surface area contributed by atoms with Crippen LogP contribution in [0, 0.1) is 0 Å². The highest BCUT2D eigenvalue weighted by molar-refractivity contribution is 9.10. The topological polar surface area (TPSA) is 37.8 Å². The van der Waals surface area contributed by atoms with Crippen LogP contribution in [0.3, 0.4) is 0 Å². The van der Waals surface area contributed by atoms with Gasteiger partial charge in [0.05, 0.1) is 5.69 Å². The summed E-state index contributed by atoms with van der Waals surface area (Å²) in [5, 5.41) is 3.15. The largest absolute Gasteiger partial charge is 0.294 e. The van der Waals surface area contributed by atoms with Gasteiger partial charge in [0.15, 0.2) is 0 Å². The van der Waals surface area contributed by atoms with E-state index in [9.17, 15) is 4.79 Å². The second kappa shape index (κ2) is 4.18. The summed E-state index contributed by atoms with van der Waals surface area (Å²) in [5.41, 5.74) is 1.69. The van der Waals surface area contributed by atoms with Crippen molar-refractivity contribution in [3.63, 3.8) is 0 Å². The smallest absolute Gasteiger partial charge is 0.271 e. The maximum Gasteiger partial charge on any atom is 0.271 e. The summed E-state index contributed by atoms with van der Waals surface area (Å²) >= 11 is 3.38. The van der Waals surface area contributed by atoms with Crippen LogP contribution in [-0.2, 0) is 5.41 Å². The molecule has 1 heterocycles. The van der Waals surface area contributed by atoms with Crippen molar-refractivity contribution in [3.8, 4) is 5.69 Å². The Kier molecular flexibility index (Phi) is 3.00. The van der Waals surface area contributed by atoms with Gasteiger partial charge < -0.3 is 0 Å². The summed E-state index contributed by atoms with van der Waals surface area (Å²) in [6, 6.07) is 9.28. The third-order valence-corrected chi connectivity index (χ3v) is 3.14. The van der Waals surface area contributed by atoms with Crippen molar-refractivity contribution in [3.05, 3.63) is 50.9 Å². The van der Waals surface area contributed by atoms with Gasteiger partial charge in [-0.25, -0.2) is 4.68 Å². The predicted molar refractivity (Wildman–Crippen MR) is 72.8 cm³/mol. The molecule has 2 aromatic rings. The summed E-state index contributed by atoms with van der Waals surface area (Å²) in [7, 11) is 0. The first kappa shape index (κ1) is 12.2. The Bertz CT molecular complexity index is 573. The van der Waals surface area contributed by atoms with Gasteiger partial charge in [0.2, 0.25) is 0 Å². The molecule has 0 bridgehead atoms. The average Bonchev–Trinajstić information content (AvgIpc) is 2.61. The Labute approximate surface area is 109 Å². The van der Waals surface area contributed by atoms with Crippen LogP contribution in [0.2, 0.25) is 0 Å². The van der Waals surface area contributed by atoms with E-state index >= 15 is 0 Å². The van der Waals surface area contributed by atoms with E-state index in [2.05, 4.69) is 41.8 Å². The molecule has 90 valence electrons. The summed E-state index contributed by atoms with van der Waals surface area (Å²) in [6.45, 7) is 6.22. The normalized spacial score (nSPS) is 11.8. The average molecular weight is 295 g/mol. The minimum Gasteiger partial charge on any atom is -0.294 e. The molecule has 3 nitrogen and oxygen atoms in total. The number of H-pyrrole nitrogens is 1. The number of hydrogen-bond donors (Lipinski definition) is 1. The van der Waals surface area contributed by atoms with Gasteiger partial charge in [0.25, 0.3) is 5.56 Å². The van der Waals surface area contributed by atoms with E-state index in [0.717, 1.165) is 15.9 Å². The molecule has 0 aliphatic heterocycles. The van der Waals surface area contributed by atoms with Crippen molar-refractivity contribution in [2.24, 2.45) is 0 Å². The number of rotatable bonds is 1. The van der Waals surface area contributed by atoms with E-state index in [4.69, 9.17) is 0 Å². The lowest BCUT2D eigenvalue weighted by Crippen LogP contribution is -2.14. The lowest BCUT2D eigenvalue weighted by Gasteiger charge is -2.15. The molecule has 0 unspecified atom stereocenters. The molecular formula is C13H15BrN2O. The van der Waals surface area contributed by atoms with Gasteiger partial charge in [-0.05, 0) is 24.3 Å². The zero-order valence-corrected chi connectivity index (χ0v) is 11.7. The van der Waals surface area contributed by atoms with E-state index in [0.29, 0.717) is 0 Å². The molecule has 0 saturated heterocycles. The lowest BCUT2D eigenvalue weighted by atomic mass is 9.93. The molecule has 4 heteroatoms. The minimum absolute atomic E-state index is 0.0303. The third-order valence-electron chi connectivity index (χ3n) is 2.61. The molecule has 0 aliphatic carbocycles. The standard InChI is InChI=1S/C13H15BrN2O/c1-13(2,3)11-8-12(17)16(15-11)10-6-4-9(14)5-7-10/h4-8,15H,1-3H3. The highest BCUT2D eigenvalue weighted by atomic mass is 79.9. The second-order valence-electron chi connectivity index (χ2n) is 5.07. The van der Waals surface area contributed by atoms with Crippen LogP contribution in [0.25, 0.3) is 5.69 Å². The van der Waals surface area contributed by atoms with Gasteiger partial charge in [-0.15, -0.1) is 0 Å². The minimum atomic E-state index is -0.0558. The van der Waals surface area contributed by atoms with Crippen molar-refractivity contribution in [1.82, 2.24) is 9.78 Å². The second-order valence-corrected chi connectivity index (χ2v) is 5.99. The van der Waals surface area contributed by atoms with Gasteiger partial charge in [-0.3, -0.25) is 9.89 Å². The van der Waals surface area contributed by atoms with Crippen LogP contribution in [0.15, 0.2) is 39.6 Å². The van der Waals surface area contributed by atoms with Crippen LogP contribution in [0.5, 0.6) is 0 Å². The summed E-state index contributed by atoms with van der Waals surface area (Å²) < 4.78 is 2.56. The van der Waals surface area contributed by atoms with Crippen LogP contribution >= 0.6 is 15.9 Å². The fourth-order valence-electron chi connectivity index (χ4n) is 1.56. The fourth-order valence-corrected chi connectivity index (χ4v) is 1.83. The number of aromatic nitrogens is 2. The van der Waals surface area contributed by atoms with Crippen LogP contribution in [0.1, 0.15) is 26.5 Å². The van der Waals surface area contributed by atoms with Gasteiger partial charge in [-0.1, -0.05) is 36.7 Å².